The summed E-state index contributed by atoms with van der Waals surface area (Å²) < 4.78 is 13.1. The quantitative estimate of drug-likeness (QED) is 0.886. The van der Waals surface area contributed by atoms with Gasteiger partial charge in [-0.15, -0.1) is 0 Å². The first-order valence-corrected chi connectivity index (χ1v) is 7.85. The second kappa shape index (κ2) is 6.66. The molecule has 0 aromatic carbocycles. The summed E-state index contributed by atoms with van der Waals surface area (Å²) in [5, 5.41) is 3.64. The molecule has 4 unspecified atom stereocenters. The molecule has 1 aliphatic rings. The van der Waals surface area contributed by atoms with Gasteiger partial charge in [0.25, 0.3) is 0 Å². The molecule has 3 heteroatoms. The van der Waals surface area contributed by atoms with E-state index in [0.717, 1.165) is 17.5 Å². The molecule has 0 saturated heterocycles. The number of hydrogen-bond donors (Lipinski definition) is 1. The molecule has 1 saturated carbocycles. The van der Waals surface area contributed by atoms with Crippen LogP contribution in [0.5, 0.6) is 0 Å². The highest BCUT2D eigenvalue weighted by atomic mass is 19.1. The lowest BCUT2D eigenvalue weighted by molar-refractivity contribution is 0.165. The Bertz CT molecular complexity index is 416. The van der Waals surface area contributed by atoms with E-state index in [2.05, 4.69) is 38.0 Å². The third-order valence-corrected chi connectivity index (χ3v) is 4.69. The van der Waals surface area contributed by atoms with Crippen LogP contribution in [0.2, 0.25) is 0 Å². The Kier molecular flexibility index (Phi) is 5.14. The van der Waals surface area contributed by atoms with Crippen molar-refractivity contribution in [3.63, 3.8) is 0 Å². The molecular formula is C17H27FN2. The van der Waals surface area contributed by atoms with Gasteiger partial charge in [-0.25, -0.2) is 4.39 Å². The maximum atomic E-state index is 13.1. The number of nitrogens with zero attached hydrogens (tertiary/aromatic N) is 1. The molecule has 2 nitrogen and oxygen atoms in total. The SMILES string of the molecule is CC(C)NC(c1ccc(F)cn1)C1CCC(C)C(C)C1. The van der Waals surface area contributed by atoms with Gasteiger partial charge in [-0.1, -0.05) is 34.1 Å². The number of hydrogen-bond acceptors (Lipinski definition) is 2. The molecule has 112 valence electrons. The molecule has 2 rings (SSSR count). The molecule has 1 fully saturated rings. The summed E-state index contributed by atoms with van der Waals surface area (Å²) in [4.78, 5) is 4.31. The largest absolute Gasteiger partial charge is 0.306 e. The highest BCUT2D eigenvalue weighted by Gasteiger charge is 2.31. The van der Waals surface area contributed by atoms with Crippen molar-refractivity contribution < 1.29 is 4.39 Å². The Labute approximate surface area is 122 Å². The molecular weight excluding hydrogens is 251 g/mol. The first-order chi connectivity index (χ1) is 9.47. The van der Waals surface area contributed by atoms with Gasteiger partial charge in [0, 0.05) is 6.04 Å². The van der Waals surface area contributed by atoms with Crippen LogP contribution < -0.4 is 5.32 Å². The van der Waals surface area contributed by atoms with Gasteiger partial charge in [0.1, 0.15) is 5.82 Å². The van der Waals surface area contributed by atoms with E-state index >= 15 is 0 Å². The van der Waals surface area contributed by atoms with E-state index < -0.39 is 0 Å². The van der Waals surface area contributed by atoms with E-state index in [1.807, 2.05) is 6.07 Å². The monoisotopic (exact) mass is 278 g/mol. The van der Waals surface area contributed by atoms with E-state index in [1.54, 1.807) is 0 Å². The zero-order valence-electron chi connectivity index (χ0n) is 13.1. The normalized spacial score (nSPS) is 28.6. The lowest BCUT2D eigenvalue weighted by Gasteiger charge is -2.37. The average Bonchev–Trinajstić information content (AvgIpc) is 2.40. The molecule has 1 heterocycles. The van der Waals surface area contributed by atoms with Crippen LogP contribution in [0.25, 0.3) is 0 Å². The standard InChI is InChI=1S/C17H27FN2/c1-11(2)20-17(16-8-7-15(18)10-19-16)14-6-5-12(3)13(4)9-14/h7-8,10-14,17,20H,5-6,9H2,1-4H3. The van der Waals surface area contributed by atoms with Gasteiger partial charge < -0.3 is 5.32 Å². The fraction of sp³-hybridized carbons (Fsp3) is 0.706. The number of aromatic nitrogens is 1. The minimum Gasteiger partial charge on any atom is -0.306 e. The van der Waals surface area contributed by atoms with Crippen LogP contribution >= 0.6 is 0 Å². The van der Waals surface area contributed by atoms with Crippen molar-refractivity contribution in [2.24, 2.45) is 17.8 Å². The van der Waals surface area contributed by atoms with E-state index in [9.17, 15) is 4.39 Å². The number of rotatable bonds is 4. The van der Waals surface area contributed by atoms with Crippen LogP contribution in [-0.2, 0) is 0 Å². The predicted octanol–water partition coefficient (Wildman–Crippen LogP) is 4.33. The molecule has 0 bridgehead atoms. The zero-order valence-corrected chi connectivity index (χ0v) is 13.1. The van der Waals surface area contributed by atoms with Gasteiger partial charge in [0.2, 0.25) is 0 Å². The Morgan fingerprint density at radius 3 is 2.50 bits per heavy atom. The zero-order chi connectivity index (χ0) is 14.7. The van der Waals surface area contributed by atoms with Crippen LogP contribution in [0.3, 0.4) is 0 Å². The van der Waals surface area contributed by atoms with Crippen LogP contribution in [0.15, 0.2) is 18.3 Å². The molecule has 1 aromatic heterocycles. The maximum Gasteiger partial charge on any atom is 0.141 e. The van der Waals surface area contributed by atoms with E-state index in [4.69, 9.17) is 0 Å². The van der Waals surface area contributed by atoms with Crippen LogP contribution in [0, 0.1) is 23.6 Å². The number of pyridine rings is 1. The van der Waals surface area contributed by atoms with Gasteiger partial charge in [0.05, 0.1) is 17.9 Å². The Morgan fingerprint density at radius 1 is 1.20 bits per heavy atom. The molecule has 0 radical (unpaired) electrons. The first-order valence-electron chi connectivity index (χ1n) is 7.85. The topological polar surface area (TPSA) is 24.9 Å². The van der Waals surface area contributed by atoms with Crippen LogP contribution in [0.4, 0.5) is 4.39 Å². The molecule has 0 amide bonds. The molecule has 0 spiro atoms. The summed E-state index contributed by atoms with van der Waals surface area (Å²) >= 11 is 0. The summed E-state index contributed by atoms with van der Waals surface area (Å²) in [6.45, 7) is 9.01. The lowest BCUT2D eigenvalue weighted by atomic mass is 9.72. The molecule has 1 aliphatic carbocycles. The Balaban J connectivity index is 2.17. The fourth-order valence-electron chi connectivity index (χ4n) is 3.29. The highest BCUT2D eigenvalue weighted by Crippen LogP contribution is 2.39. The minimum atomic E-state index is -0.261. The Hall–Kier alpha value is -0.960. The van der Waals surface area contributed by atoms with Crippen LogP contribution in [-0.4, -0.2) is 11.0 Å². The van der Waals surface area contributed by atoms with Crippen molar-refractivity contribution in [2.75, 3.05) is 0 Å². The van der Waals surface area contributed by atoms with Crippen LogP contribution in [0.1, 0.15) is 58.7 Å². The second-order valence-corrected chi connectivity index (χ2v) is 6.73. The van der Waals surface area contributed by atoms with Gasteiger partial charge in [-0.3, -0.25) is 4.98 Å². The van der Waals surface area contributed by atoms with Gasteiger partial charge >= 0.3 is 0 Å². The molecule has 1 aromatic rings. The first kappa shape index (κ1) is 15.4. The van der Waals surface area contributed by atoms with Crippen molar-refractivity contribution >= 4 is 0 Å². The second-order valence-electron chi connectivity index (χ2n) is 6.73. The van der Waals surface area contributed by atoms with Crippen molar-refractivity contribution in [1.29, 1.82) is 0 Å². The van der Waals surface area contributed by atoms with Crippen molar-refractivity contribution in [2.45, 2.75) is 59.0 Å². The summed E-state index contributed by atoms with van der Waals surface area (Å²) in [5.74, 6) is 1.90. The predicted molar refractivity (Wildman–Crippen MR) is 80.9 cm³/mol. The molecule has 20 heavy (non-hydrogen) atoms. The lowest BCUT2D eigenvalue weighted by Crippen LogP contribution is -2.37. The van der Waals surface area contributed by atoms with E-state index in [0.29, 0.717) is 12.0 Å². The van der Waals surface area contributed by atoms with Gasteiger partial charge in [-0.05, 0) is 42.7 Å². The van der Waals surface area contributed by atoms with Gasteiger partial charge in [-0.2, -0.15) is 0 Å². The Morgan fingerprint density at radius 2 is 1.95 bits per heavy atom. The third-order valence-electron chi connectivity index (χ3n) is 4.69. The number of halogens is 1. The minimum absolute atomic E-state index is 0.241. The summed E-state index contributed by atoms with van der Waals surface area (Å²) in [6, 6.07) is 4.00. The summed E-state index contributed by atoms with van der Waals surface area (Å²) in [7, 11) is 0. The maximum absolute atomic E-state index is 13.1. The third kappa shape index (κ3) is 3.78. The average molecular weight is 278 g/mol. The van der Waals surface area contributed by atoms with Crippen molar-refractivity contribution in [3.8, 4) is 0 Å². The van der Waals surface area contributed by atoms with E-state index in [1.165, 1.54) is 31.5 Å². The highest BCUT2D eigenvalue weighted by molar-refractivity contribution is 5.12. The smallest absolute Gasteiger partial charge is 0.141 e. The van der Waals surface area contributed by atoms with Crippen molar-refractivity contribution in [3.05, 3.63) is 29.8 Å². The molecule has 1 N–H and O–H groups in total. The van der Waals surface area contributed by atoms with E-state index in [-0.39, 0.29) is 11.9 Å². The fourth-order valence-corrected chi connectivity index (χ4v) is 3.29. The van der Waals surface area contributed by atoms with Crippen molar-refractivity contribution in [1.82, 2.24) is 10.3 Å². The number of nitrogens with one attached hydrogen (secondary N) is 1. The summed E-state index contributed by atoms with van der Waals surface area (Å²) in [6.07, 6.45) is 5.07. The molecule has 4 atom stereocenters. The van der Waals surface area contributed by atoms with Gasteiger partial charge in [0.15, 0.2) is 0 Å². The molecule has 0 aliphatic heterocycles. The summed E-state index contributed by atoms with van der Waals surface area (Å²) in [5.41, 5.74) is 0.979.